The second-order valence-corrected chi connectivity index (χ2v) is 3.97. The molecule has 0 bridgehead atoms. The van der Waals surface area contributed by atoms with Crippen LogP contribution in [-0.4, -0.2) is 15.7 Å². The van der Waals surface area contributed by atoms with Crippen molar-refractivity contribution in [3.05, 3.63) is 47.0 Å². The number of nitrogens with zero attached hydrogens (tertiary/aromatic N) is 2. The lowest BCUT2D eigenvalue weighted by Gasteiger charge is -2.05. The molecule has 4 nitrogen and oxygen atoms in total. The van der Waals surface area contributed by atoms with E-state index in [1.165, 1.54) is 10.7 Å². The average molecular weight is 269 g/mol. The first-order valence-corrected chi connectivity index (χ1v) is 5.35. The highest BCUT2D eigenvalue weighted by Crippen LogP contribution is 2.20. The maximum atomic E-state index is 13.4. The van der Waals surface area contributed by atoms with E-state index in [4.69, 9.17) is 0 Å². The van der Waals surface area contributed by atoms with E-state index in [0.29, 0.717) is 0 Å². The molecule has 1 amide bonds. The Morgan fingerprint density at radius 3 is 2.53 bits per heavy atom. The molecule has 1 N–H and O–H groups in total. The number of carbonyl (C=O) groups is 1. The molecule has 1 aromatic carbocycles. The molecule has 0 saturated heterocycles. The number of aromatic nitrogens is 2. The zero-order valence-electron chi connectivity index (χ0n) is 10.2. The normalized spacial score (nSPS) is 10.6. The molecule has 0 fully saturated rings. The van der Waals surface area contributed by atoms with Gasteiger partial charge in [-0.25, -0.2) is 13.2 Å². The smallest absolute Gasteiger partial charge is 0.276 e. The van der Waals surface area contributed by atoms with Crippen molar-refractivity contribution < 1.29 is 18.0 Å². The van der Waals surface area contributed by atoms with Gasteiger partial charge in [0.25, 0.3) is 5.91 Å². The number of aryl methyl sites for hydroxylation is 2. The van der Waals surface area contributed by atoms with Crippen LogP contribution in [0.1, 0.15) is 16.2 Å². The molecule has 1 heterocycles. The number of amides is 1. The Hall–Kier alpha value is -2.31. The van der Waals surface area contributed by atoms with Crippen LogP contribution >= 0.6 is 0 Å². The van der Waals surface area contributed by atoms with Crippen molar-refractivity contribution in [3.8, 4) is 0 Å². The van der Waals surface area contributed by atoms with Crippen LogP contribution in [0.25, 0.3) is 0 Å². The zero-order chi connectivity index (χ0) is 14.2. The van der Waals surface area contributed by atoms with Crippen LogP contribution in [0.15, 0.2) is 18.2 Å². The summed E-state index contributed by atoms with van der Waals surface area (Å²) in [6.45, 7) is 1.74. The summed E-state index contributed by atoms with van der Waals surface area (Å²) >= 11 is 0. The van der Waals surface area contributed by atoms with Crippen LogP contribution in [0.2, 0.25) is 0 Å². The van der Waals surface area contributed by atoms with Crippen LogP contribution in [0.5, 0.6) is 0 Å². The average Bonchev–Trinajstić information content (AvgIpc) is 2.70. The SMILES string of the molecule is Cc1cc(C(=O)Nc2ccc(F)c(F)c2F)nn1C. The number of rotatable bonds is 2. The van der Waals surface area contributed by atoms with Gasteiger partial charge < -0.3 is 5.32 Å². The van der Waals surface area contributed by atoms with Gasteiger partial charge in [0, 0.05) is 12.7 Å². The fourth-order valence-electron chi connectivity index (χ4n) is 1.48. The Labute approximate surface area is 106 Å². The molecule has 0 spiro atoms. The summed E-state index contributed by atoms with van der Waals surface area (Å²) in [5.74, 6) is -5.09. The number of halogens is 3. The zero-order valence-corrected chi connectivity index (χ0v) is 10.2. The lowest BCUT2D eigenvalue weighted by Crippen LogP contribution is -2.14. The second-order valence-electron chi connectivity index (χ2n) is 3.97. The minimum Gasteiger partial charge on any atom is -0.318 e. The number of benzene rings is 1. The van der Waals surface area contributed by atoms with Crippen LogP contribution in [0, 0.1) is 24.4 Å². The van der Waals surface area contributed by atoms with E-state index < -0.39 is 29.0 Å². The van der Waals surface area contributed by atoms with Crippen LogP contribution in [-0.2, 0) is 7.05 Å². The highest BCUT2D eigenvalue weighted by atomic mass is 19.2. The summed E-state index contributed by atoms with van der Waals surface area (Å²) < 4.78 is 40.6. The lowest BCUT2D eigenvalue weighted by molar-refractivity contribution is 0.102. The van der Waals surface area contributed by atoms with E-state index in [0.717, 1.165) is 17.8 Å². The van der Waals surface area contributed by atoms with Crippen LogP contribution in [0.4, 0.5) is 18.9 Å². The minimum absolute atomic E-state index is 0.0594. The Morgan fingerprint density at radius 1 is 1.26 bits per heavy atom. The quantitative estimate of drug-likeness (QED) is 0.851. The summed E-state index contributed by atoms with van der Waals surface area (Å²) in [5, 5.41) is 6.03. The molecule has 0 unspecified atom stereocenters. The van der Waals surface area contributed by atoms with Crippen LogP contribution in [0.3, 0.4) is 0 Å². The second kappa shape index (κ2) is 4.75. The van der Waals surface area contributed by atoms with E-state index in [1.807, 2.05) is 0 Å². The van der Waals surface area contributed by atoms with Gasteiger partial charge in [0.1, 0.15) is 0 Å². The third kappa shape index (κ3) is 2.44. The standard InChI is InChI=1S/C12H10F3N3O/c1-6-5-9(17-18(6)2)12(19)16-8-4-3-7(13)10(14)11(8)15/h3-5H,1-2H3,(H,16,19). The van der Waals surface area contributed by atoms with Gasteiger partial charge in [-0.3, -0.25) is 9.48 Å². The van der Waals surface area contributed by atoms with E-state index in [9.17, 15) is 18.0 Å². The summed E-state index contributed by atoms with van der Waals surface area (Å²) in [6.07, 6.45) is 0. The molecule has 0 saturated carbocycles. The Bertz CT molecular complexity index is 632. The topological polar surface area (TPSA) is 46.9 Å². The minimum atomic E-state index is -1.63. The molecule has 1 aromatic heterocycles. The van der Waals surface area contributed by atoms with Crippen LogP contribution < -0.4 is 5.32 Å². The monoisotopic (exact) mass is 269 g/mol. The van der Waals surface area contributed by atoms with Crippen molar-refractivity contribution in [1.82, 2.24) is 9.78 Å². The Balaban J connectivity index is 2.27. The molecule has 0 aliphatic heterocycles. The van der Waals surface area contributed by atoms with Gasteiger partial charge in [-0.1, -0.05) is 0 Å². The highest BCUT2D eigenvalue weighted by molar-refractivity contribution is 6.03. The van der Waals surface area contributed by atoms with Gasteiger partial charge >= 0.3 is 0 Å². The first-order chi connectivity index (χ1) is 8.90. The summed E-state index contributed by atoms with van der Waals surface area (Å²) in [7, 11) is 1.64. The van der Waals surface area contributed by atoms with Crippen molar-refractivity contribution in [1.29, 1.82) is 0 Å². The number of nitrogens with one attached hydrogen (secondary N) is 1. The number of anilines is 1. The van der Waals surface area contributed by atoms with E-state index in [1.54, 1.807) is 14.0 Å². The molecular weight excluding hydrogens is 259 g/mol. The van der Waals surface area contributed by atoms with E-state index in [-0.39, 0.29) is 5.69 Å². The molecule has 2 rings (SSSR count). The molecular formula is C12H10F3N3O. The summed E-state index contributed by atoms with van der Waals surface area (Å²) in [5.41, 5.74) is 0.354. The third-order valence-corrected chi connectivity index (χ3v) is 2.63. The van der Waals surface area contributed by atoms with Crippen molar-refractivity contribution >= 4 is 11.6 Å². The fourth-order valence-corrected chi connectivity index (χ4v) is 1.48. The van der Waals surface area contributed by atoms with Gasteiger partial charge in [-0.15, -0.1) is 0 Å². The van der Waals surface area contributed by atoms with Gasteiger partial charge in [0.15, 0.2) is 23.1 Å². The molecule has 19 heavy (non-hydrogen) atoms. The Morgan fingerprint density at radius 2 is 1.95 bits per heavy atom. The molecule has 0 radical (unpaired) electrons. The van der Waals surface area contributed by atoms with Crippen molar-refractivity contribution in [2.75, 3.05) is 5.32 Å². The molecule has 2 aromatic rings. The molecule has 0 aliphatic rings. The molecule has 0 aliphatic carbocycles. The predicted octanol–water partition coefficient (Wildman–Crippen LogP) is 2.40. The molecule has 0 atom stereocenters. The number of carbonyl (C=O) groups excluding carboxylic acids is 1. The first kappa shape index (κ1) is 13.1. The predicted molar refractivity (Wildman–Crippen MR) is 62.2 cm³/mol. The van der Waals surface area contributed by atoms with Crippen molar-refractivity contribution in [2.24, 2.45) is 7.05 Å². The summed E-state index contributed by atoms with van der Waals surface area (Å²) in [6, 6.07) is 3.17. The first-order valence-electron chi connectivity index (χ1n) is 5.35. The van der Waals surface area contributed by atoms with E-state index in [2.05, 4.69) is 10.4 Å². The Kier molecular flexibility index (Phi) is 3.28. The van der Waals surface area contributed by atoms with Crippen molar-refractivity contribution in [3.63, 3.8) is 0 Å². The van der Waals surface area contributed by atoms with Gasteiger partial charge in [-0.2, -0.15) is 5.10 Å². The number of hydrogen-bond acceptors (Lipinski definition) is 2. The maximum absolute atomic E-state index is 13.4. The van der Waals surface area contributed by atoms with E-state index >= 15 is 0 Å². The largest absolute Gasteiger partial charge is 0.318 e. The van der Waals surface area contributed by atoms with Crippen molar-refractivity contribution in [2.45, 2.75) is 6.92 Å². The lowest BCUT2D eigenvalue weighted by atomic mass is 10.2. The van der Waals surface area contributed by atoms with Gasteiger partial charge in [-0.05, 0) is 25.1 Å². The van der Waals surface area contributed by atoms with Gasteiger partial charge in [0.2, 0.25) is 0 Å². The third-order valence-electron chi connectivity index (χ3n) is 2.63. The van der Waals surface area contributed by atoms with Gasteiger partial charge in [0.05, 0.1) is 5.69 Å². The molecule has 7 heteroatoms. The molecule has 100 valence electrons. The highest BCUT2D eigenvalue weighted by Gasteiger charge is 2.17. The maximum Gasteiger partial charge on any atom is 0.276 e. The number of hydrogen-bond donors (Lipinski definition) is 1. The fraction of sp³-hybridized carbons (Fsp3) is 0.167. The summed E-state index contributed by atoms with van der Waals surface area (Å²) in [4.78, 5) is 11.8.